The van der Waals surface area contributed by atoms with Gasteiger partial charge in [-0.2, -0.15) is 0 Å². The Kier molecular flexibility index (Phi) is 8.57. The molecule has 1 aromatic heterocycles. The molecule has 4 amide bonds. The van der Waals surface area contributed by atoms with E-state index in [-0.39, 0.29) is 22.7 Å². The number of carbonyl (C=O) groups is 4. The Bertz CT molecular complexity index is 1800. The fourth-order valence-corrected chi connectivity index (χ4v) is 5.76. The number of imide groups is 1. The number of hydrogen-bond acceptors (Lipinski definition) is 8. The number of furan rings is 1. The van der Waals surface area contributed by atoms with Crippen molar-refractivity contribution in [2.75, 3.05) is 10.2 Å². The third kappa shape index (κ3) is 7.09. The molecule has 1 aliphatic rings. The second-order valence-corrected chi connectivity index (χ2v) is 12.1. The van der Waals surface area contributed by atoms with Gasteiger partial charge in [0.2, 0.25) is 21.8 Å². The van der Waals surface area contributed by atoms with Crippen molar-refractivity contribution in [2.45, 2.75) is 21.5 Å². The summed E-state index contributed by atoms with van der Waals surface area (Å²) in [5, 5.41) is 9.79. The van der Waals surface area contributed by atoms with Crippen molar-refractivity contribution in [3.63, 3.8) is 0 Å². The van der Waals surface area contributed by atoms with Gasteiger partial charge in [-0.15, -0.1) is 11.8 Å². The first-order valence-electron chi connectivity index (χ1n) is 12.8. The molecule has 0 aliphatic carbocycles. The minimum atomic E-state index is -3.91. The highest BCUT2D eigenvalue weighted by atomic mass is 32.2. The largest absolute Gasteiger partial charge is 0.465 e. The van der Waals surface area contributed by atoms with Gasteiger partial charge in [-0.3, -0.25) is 19.2 Å². The van der Waals surface area contributed by atoms with Gasteiger partial charge in [0.1, 0.15) is 11.5 Å². The quantitative estimate of drug-likeness (QED) is 0.189. The molecule has 5 rings (SSSR count). The van der Waals surface area contributed by atoms with Crippen molar-refractivity contribution >= 4 is 62.9 Å². The van der Waals surface area contributed by atoms with Crippen LogP contribution in [0.25, 0.3) is 6.08 Å². The van der Waals surface area contributed by atoms with Gasteiger partial charge in [0.05, 0.1) is 22.1 Å². The first-order chi connectivity index (χ1) is 20.6. The van der Waals surface area contributed by atoms with Crippen LogP contribution in [0, 0.1) is 0 Å². The number of sulfonamides is 1. The lowest BCUT2D eigenvalue weighted by Gasteiger charge is -2.15. The predicted octanol–water partition coefficient (Wildman–Crippen LogP) is 3.76. The first-order valence-corrected chi connectivity index (χ1v) is 15.2. The topological polar surface area (TPSA) is 169 Å². The maximum atomic E-state index is 13.1. The molecule has 1 aliphatic heterocycles. The molecule has 0 radical (unpaired) electrons. The minimum Gasteiger partial charge on any atom is -0.465 e. The van der Waals surface area contributed by atoms with E-state index in [1.165, 1.54) is 48.4 Å². The zero-order valence-corrected chi connectivity index (χ0v) is 23.9. The fourth-order valence-electron chi connectivity index (χ4n) is 4.19. The number of nitrogens with one attached hydrogen (secondary N) is 2. The number of nitrogens with zero attached hydrogens (tertiary/aromatic N) is 1. The van der Waals surface area contributed by atoms with Gasteiger partial charge in [-0.05, 0) is 72.8 Å². The number of nitrogens with two attached hydrogens (primary N) is 1. The fraction of sp³-hybridized carbons (Fsp3) is 0.0667. The molecule has 0 bridgehead atoms. The van der Waals surface area contributed by atoms with Crippen LogP contribution >= 0.6 is 11.8 Å². The van der Waals surface area contributed by atoms with Crippen molar-refractivity contribution in [3.8, 4) is 0 Å². The summed E-state index contributed by atoms with van der Waals surface area (Å²) in [5.41, 5.74) is 1.02. The van der Waals surface area contributed by atoms with Crippen LogP contribution < -0.4 is 20.7 Å². The number of carbonyl (C=O) groups excluding carboxylic acids is 4. The highest BCUT2D eigenvalue weighted by molar-refractivity contribution is 8.00. The lowest BCUT2D eigenvalue weighted by Crippen LogP contribution is -2.31. The van der Waals surface area contributed by atoms with E-state index in [0.717, 1.165) is 4.90 Å². The van der Waals surface area contributed by atoms with Gasteiger partial charge in [0.25, 0.3) is 11.8 Å². The molecule has 1 atom stereocenters. The van der Waals surface area contributed by atoms with E-state index in [0.29, 0.717) is 21.9 Å². The molecule has 3 aromatic carbocycles. The third-order valence-corrected chi connectivity index (χ3v) is 8.40. The average molecular weight is 617 g/mol. The highest BCUT2D eigenvalue weighted by Gasteiger charge is 2.40. The number of hydrogen-bond donors (Lipinski definition) is 3. The number of rotatable bonds is 9. The smallest absolute Gasteiger partial charge is 0.272 e. The lowest BCUT2D eigenvalue weighted by molar-refractivity contribution is -0.121. The van der Waals surface area contributed by atoms with Gasteiger partial charge in [0.15, 0.2) is 0 Å². The summed E-state index contributed by atoms with van der Waals surface area (Å²) in [6, 6.07) is 23.6. The Labute approximate surface area is 250 Å². The molecule has 1 saturated heterocycles. The van der Waals surface area contributed by atoms with Crippen LogP contribution in [-0.4, -0.2) is 37.3 Å². The van der Waals surface area contributed by atoms with E-state index < -0.39 is 38.9 Å². The monoisotopic (exact) mass is 616 g/mol. The Morgan fingerprint density at radius 1 is 0.930 bits per heavy atom. The molecule has 13 heteroatoms. The van der Waals surface area contributed by atoms with Crippen molar-refractivity contribution in [2.24, 2.45) is 5.14 Å². The van der Waals surface area contributed by atoms with E-state index in [1.54, 1.807) is 66.7 Å². The van der Waals surface area contributed by atoms with Crippen LogP contribution in [0.1, 0.15) is 22.5 Å². The molecule has 43 heavy (non-hydrogen) atoms. The number of primary sulfonamides is 1. The number of benzene rings is 3. The second-order valence-electron chi connectivity index (χ2n) is 9.29. The molecule has 11 nitrogen and oxygen atoms in total. The van der Waals surface area contributed by atoms with Gasteiger partial charge < -0.3 is 15.1 Å². The Morgan fingerprint density at radius 2 is 1.63 bits per heavy atom. The van der Waals surface area contributed by atoms with E-state index in [1.807, 2.05) is 0 Å². The molecule has 2 heterocycles. The summed E-state index contributed by atoms with van der Waals surface area (Å²) in [7, 11) is -3.91. The zero-order valence-electron chi connectivity index (χ0n) is 22.3. The molecule has 0 spiro atoms. The van der Waals surface area contributed by atoms with Crippen LogP contribution in [0.4, 0.5) is 11.4 Å². The van der Waals surface area contributed by atoms with Gasteiger partial charge in [-0.1, -0.05) is 18.2 Å². The maximum absolute atomic E-state index is 13.1. The summed E-state index contributed by atoms with van der Waals surface area (Å²) in [6.07, 6.45) is 2.82. The van der Waals surface area contributed by atoms with E-state index >= 15 is 0 Å². The molecular formula is C30H24N4O7S2. The molecular weight excluding hydrogens is 592 g/mol. The van der Waals surface area contributed by atoms with Gasteiger partial charge >= 0.3 is 0 Å². The van der Waals surface area contributed by atoms with E-state index in [4.69, 9.17) is 9.56 Å². The summed E-state index contributed by atoms with van der Waals surface area (Å²) in [6.45, 7) is 0. The Morgan fingerprint density at radius 3 is 2.26 bits per heavy atom. The summed E-state index contributed by atoms with van der Waals surface area (Å²) in [5.74, 6) is -1.52. The highest BCUT2D eigenvalue weighted by Crippen LogP contribution is 2.34. The third-order valence-electron chi connectivity index (χ3n) is 6.28. The normalized spacial score (nSPS) is 15.4. The van der Waals surface area contributed by atoms with E-state index in [9.17, 15) is 27.6 Å². The van der Waals surface area contributed by atoms with Gasteiger partial charge in [-0.25, -0.2) is 18.5 Å². The lowest BCUT2D eigenvalue weighted by atomic mass is 10.2. The van der Waals surface area contributed by atoms with Crippen LogP contribution in [0.2, 0.25) is 0 Å². The number of thioether (sulfide) groups is 1. The predicted molar refractivity (Wildman–Crippen MR) is 160 cm³/mol. The SMILES string of the molecule is NS(=O)(=O)c1ccc(N2C(=O)CC(Sc3ccc(NC(=O)/C(=C/c4ccco4)NC(=O)c4ccccc4)cc3)C2=O)cc1. The maximum Gasteiger partial charge on any atom is 0.272 e. The molecule has 4 N–H and O–H groups in total. The van der Waals surface area contributed by atoms with E-state index in [2.05, 4.69) is 10.6 Å². The Balaban J connectivity index is 1.25. The summed E-state index contributed by atoms with van der Waals surface area (Å²) in [4.78, 5) is 53.1. The van der Waals surface area contributed by atoms with Crippen molar-refractivity contribution in [1.29, 1.82) is 0 Å². The molecule has 4 aromatic rings. The number of anilines is 2. The van der Waals surface area contributed by atoms with Crippen molar-refractivity contribution < 1.29 is 32.0 Å². The minimum absolute atomic E-state index is 0.0329. The van der Waals surface area contributed by atoms with Crippen LogP contribution in [0.15, 0.2) is 117 Å². The Hall–Kier alpha value is -4.98. The second kappa shape index (κ2) is 12.5. The van der Waals surface area contributed by atoms with Crippen molar-refractivity contribution in [3.05, 3.63) is 114 Å². The standard InChI is InChI=1S/C30H24N4O7S2/c31-43(39,40)24-14-10-21(11-15-24)34-27(35)18-26(30(34)38)42-23-12-8-20(9-13-23)32-29(37)25(17-22-7-4-16-41-22)33-28(36)19-5-2-1-3-6-19/h1-17,26H,18H2,(H,32,37)(H,33,36)(H2,31,39,40)/b25-17-. The summed E-state index contributed by atoms with van der Waals surface area (Å²) >= 11 is 1.19. The molecule has 1 unspecified atom stereocenters. The van der Waals surface area contributed by atoms with Crippen LogP contribution in [0.5, 0.6) is 0 Å². The number of amides is 4. The zero-order chi connectivity index (χ0) is 30.6. The van der Waals surface area contributed by atoms with Crippen LogP contribution in [-0.2, 0) is 24.4 Å². The first kappa shape index (κ1) is 29.5. The van der Waals surface area contributed by atoms with Crippen molar-refractivity contribution in [1.82, 2.24) is 5.32 Å². The molecule has 0 saturated carbocycles. The molecule has 218 valence electrons. The molecule has 1 fully saturated rings. The average Bonchev–Trinajstić information content (AvgIpc) is 3.60. The van der Waals surface area contributed by atoms with Gasteiger partial charge in [0, 0.05) is 28.6 Å². The summed E-state index contributed by atoms with van der Waals surface area (Å²) < 4.78 is 28.3. The van der Waals surface area contributed by atoms with Crippen LogP contribution in [0.3, 0.4) is 0 Å².